The van der Waals surface area contributed by atoms with Crippen LogP contribution in [0.1, 0.15) is 63.1 Å². The van der Waals surface area contributed by atoms with E-state index in [1.165, 1.54) is 40.6 Å². The maximum Gasteiger partial charge on any atom is 0.243 e. The predicted molar refractivity (Wildman–Crippen MR) is 513 cm³/mol. The number of fused-ring (bicyclic) bond motifs is 4. The van der Waals surface area contributed by atoms with E-state index < -0.39 is 16.4 Å². The van der Waals surface area contributed by atoms with E-state index in [9.17, 15) is 12.8 Å². The van der Waals surface area contributed by atoms with Gasteiger partial charge in [0.05, 0.1) is 26.2 Å². The molecule has 0 N–H and O–H groups in total. The molecule has 27 nitrogen and oxygen atoms in total. The normalized spacial score (nSPS) is 14.4. The molecule has 0 spiro atoms. The summed E-state index contributed by atoms with van der Waals surface area (Å²) in [6, 6.07) is 71.0. The number of methoxy groups -OCH3 is 3. The minimum Gasteiger partial charge on any atom is -0.496 e. The number of piperazine rings is 3. The van der Waals surface area contributed by atoms with E-state index in [4.69, 9.17) is 28.9 Å². The van der Waals surface area contributed by atoms with Crippen LogP contribution in [0.2, 0.25) is 0 Å². The molecule has 3 fully saturated rings. The molecule has 3 saturated heterocycles. The van der Waals surface area contributed by atoms with Crippen LogP contribution >= 0.6 is 0 Å². The van der Waals surface area contributed by atoms with Crippen molar-refractivity contribution in [2.75, 3.05) is 145 Å². The van der Waals surface area contributed by atoms with Gasteiger partial charge in [0.15, 0.2) is 22.6 Å². The number of hydrogen-bond acceptors (Lipinski definition) is 22. The molecule has 3 aliphatic heterocycles. The lowest BCUT2D eigenvalue weighted by molar-refractivity contribution is 0.0849. The van der Waals surface area contributed by atoms with Crippen molar-refractivity contribution < 1.29 is 31.8 Å². The zero-order valence-electron chi connectivity index (χ0n) is 76.2. The third-order valence-electron chi connectivity index (χ3n) is 24.7. The minimum atomic E-state index is -3.50. The van der Waals surface area contributed by atoms with Crippen molar-refractivity contribution >= 4 is 44.2 Å². The number of likely N-dealkylation sites (N-methyl/N-ethyl adjacent to an activating group) is 3. The molecular formula is C102H114FN21O6S. The third kappa shape index (κ3) is 21.7. The highest BCUT2D eigenvalue weighted by molar-refractivity contribution is 7.89. The first kappa shape index (κ1) is 90.9. The Labute approximate surface area is 765 Å². The van der Waals surface area contributed by atoms with E-state index in [1.54, 1.807) is 63.1 Å². The molecule has 0 radical (unpaired) electrons. The number of pyridine rings is 6. The summed E-state index contributed by atoms with van der Waals surface area (Å²) < 4.78 is 71.0. The van der Waals surface area contributed by atoms with Crippen molar-refractivity contribution in [2.24, 2.45) is 0 Å². The van der Waals surface area contributed by atoms with Gasteiger partial charge in [-0.2, -0.15) is 4.31 Å². The number of aromatic nitrogens is 14. The highest BCUT2D eigenvalue weighted by Crippen LogP contribution is 2.35. The molecule has 13 heterocycles. The van der Waals surface area contributed by atoms with Gasteiger partial charge < -0.3 is 48.3 Å². The largest absolute Gasteiger partial charge is 0.496 e. The van der Waals surface area contributed by atoms with Crippen LogP contribution in [0.25, 0.3) is 67.1 Å². The summed E-state index contributed by atoms with van der Waals surface area (Å²) in [6.07, 6.45) is 16.3. The van der Waals surface area contributed by atoms with E-state index in [-0.39, 0.29) is 0 Å². The third-order valence-corrected chi connectivity index (χ3v) is 26.6. The molecule has 0 amide bonds. The number of para-hydroxylation sites is 4. The van der Waals surface area contributed by atoms with Crippen LogP contribution in [-0.2, 0) is 67.9 Å². The van der Waals surface area contributed by atoms with Gasteiger partial charge in [-0.05, 0) is 241 Å². The first-order valence-corrected chi connectivity index (χ1v) is 46.1. The predicted octanol–water partition coefficient (Wildman–Crippen LogP) is 15.0. The van der Waals surface area contributed by atoms with Crippen LogP contribution in [-0.4, -0.2) is 242 Å². The summed E-state index contributed by atoms with van der Waals surface area (Å²) in [7, 11) is 12.1. The number of sulfonamides is 1. The van der Waals surface area contributed by atoms with Crippen molar-refractivity contribution in [3.05, 3.63) is 306 Å². The van der Waals surface area contributed by atoms with Crippen molar-refractivity contribution in [1.82, 2.24) is 92.3 Å². The van der Waals surface area contributed by atoms with E-state index in [0.29, 0.717) is 23.7 Å². The van der Waals surface area contributed by atoms with Gasteiger partial charge in [0.1, 0.15) is 59.9 Å². The molecule has 131 heavy (non-hydrogen) atoms. The van der Waals surface area contributed by atoms with Crippen LogP contribution in [0.3, 0.4) is 0 Å². The van der Waals surface area contributed by atoms with Crippen LogP contribution in [0, 0.1) is 6.92 Å². The van der Waals surface area contributed by atoms with Gasteiger partial charge in [-0.3, -0.25) is 17.6 Å². The fourth-order valence-electron chi connectivity index (χ4n) is 17.3. The van der Waals surface area contributed by atoms with Crippen molar-refractivity contribution in [3.8, 4) is 67.5 Å². The number of hydrogen-bond donors (Lipinski definition) is 0. The van der Waals surface area contributed by atoms with Gasteiger partial charge in [0, 0.05) is 161 Å². The molecule has 10 aromatic heterocycles. The Balaban J connectivity index is 0.000000128. The number of rotatable bonds is 27. The van der Waals surface area contributed by atoms with Crippen molar-refractivity contribution in [3.63, 3.8) is 0 Å². The Kier molecular flexibility index (Phi) is 29.4. The summed E-state index contributed by atoms with van der Waals surface area (Å²) in [5, 5.41) is 34.3. The molecular weight excluding hydrogens is 1670 g/mol. The number of halogens is 1. The molecule has 16 aromatic rings. The summed E-state index contributed by atoms with van der Waals surface area (Å²) in [6.45, 7) is 15.3. The number of alkyl halides is 1. The number of nitrogens with zero attached hydrogens (tertiary/aromatic N) is 21. The average Bonchev–Trinajstić information content (AvgIpc) is 1.73. The fourth-order valence-corrected chi connectivity index (χ4v) is 18.7. The second-order valence-electron chi connectivity index (χ2n) is 33.8. The number of benzene rings is 6. The van der Waals surface area contributed by atoms with Crippen molar-refractivity contribution in [2.45, 2.75) is 83.0 Å². The maximum atomic E-state index is 13.3. The lowest BCUT2D eigenvalue weighted by Crippen LogP contribution is -2.46. The first-order chi connectivity index (χ1) is 63.8. The quantitative estimate of drug-likeness (QED) is 0.0465. The smallest absolute Gasteiger partial charge is 0.243 e. The van der Waals surface area contributed by atoms with Gasteiger partial charge in [0.25, 0.3) is 0 Å². The highest BCUT2D eigenvalue weighted by atomic mass is 32.2. The zero-order valence-corrected chi connectivity index (χ0v) is 77.0. The summed E-state index contributed by atoms with van der Waals surface area (Å²) in [4.78, 5) is 23.6. The van der Waals surface area contributed by atoms with Crippen LogP contribution in [0.5, 0.6) is 23.0 Å². The Morgan fingerprint density at radius 3 is 1.12 bits per heavy atom. The highest BCUT2D eigenvalue weighted by Gasteiger charge is 2.29. The Hall–Kier alpha value is -13.4. The Morgan fingerprint density at radius 2 is 0.740 bits per heavy atom. The van der Waals surface area contributed by atoms with E-state index >= 15 is 0 Å². The van der Waals surface area contributed by atoms with E-state index in [2.05, 4.69) is 223 Å². The van der Waals surface area contributed by atoms with Gasteiger partial charge >= 0.3 is 0 Å². The molecule has 0 aliphatic carbocycles. The first-order valence-electron chi connectivity index (χ1n) is 44.7. The molecule has 0 bridgehead atoms. The van der Waals surface area contributed by atoms with Crippen LogP contribution < -0.4 is 28.7 Å². The van der Waals surface area contributed by atoms with Crippen LogP contribution in [0.15, 0.2) is 255 Å². The molecule has 19 rings (SSSR count). The standard InChI is InChI=1S/C26H30N6O.C26H29N5O3S.C25H27FN4O.C25H28N6O/c1-19-16-21(17-27-25(19)31-14-12-30(2)13-15-31)23-11-10-22(32-18-28-29-26(23)32)9-8-20-6-4-5-7-24(20)33-3;1-29-15-17-30(18-16-29)35(32,33)23-12-8-20(9-13-23)24-14-11-22(31-19-27-28-26(24)31)10-7-21-5-3-4-6-25(21)34-2;1-18(26)31-24-7-5-4-6-21(24)12-13-22-14-15-23(25-28-27-17-30(22)25)20-10-8-19(9-11-20)16-29(2)3;1-29-13-15-30(16-14-29)24-12-8-20(17-26-24)22-11-10-21(31-18-27-28-25(22)31)9-7-19-5-3-4-6-23(19)32-2/h4-7,10-11,16-18H,8-9,12-15H2,1-3H3;3-6,8-9,11-14,19H,7,10,15-18H2,1-2H3;4-11,14-15,17-18H,12-13,16H2,1-3H3;3-6,8,10-12,17-18H,7,9,13-16H2,1-2H3. The van der Waals surface area contributed by atoms with E-state index in [0.717, 1.165) is 242 Å². The lowest BCUT2D eigenvalue weighted by Gasteiger charge is -2.34. The second kappa shape index (κ2) is 42.4. The van der Waals surface area contributed by atoms with Gasteiger partial charge in [0.2, 0.25) is 16.4 Å². The fraction of sp³-hybridized carbons (Fsp3) is 0.314. The van der Waals surface area contributed by atoms with Crippen molar-refractivity contribution in [1.29, 1.82) is 0 Å². The second-order valence-corrected chi connectivity index (χ2v) is 35.7. The van der Waals surface area contributed by atoms with Crippen LogP contribution in [0.4, 0.5) is 16.0 Å². The summed E-state index contributed by atoms with van der Waals surface area (Å²) >= 11 is 0. The number of anilines is 2. The Bertz CT molecular complexity index is 6620. The van der Waals surface area contributed by atoms with E-state index in [1.807, 2.05) is 119 Å². The topological polar surface area (TPSA) is 240 Å². The summed E-state index contributed by atoms with van der Waals surface area (Å²) in [5.74, 6) is 5.44. The molecule has 3 aliphatic rings. The lowest BCUT2D eigenvalue weighted by atomic mass is 10.0. The SMILES string of the molecule is CC(F)Oc1ccccc1CCc1ccc(-c2ccc(CN(C)C)cc2)c2nncn12.COc1ccccc1CCc1ccc(-c2ccc(N3CCN(C)CC3)nc2)c2nncn12.COc1ccccc1CCc1ccc(-c2ccc(S(=O)(=O)N3CCN(C)CC3)cc2)c2nncn12.COc1ccccc1CCc1ccc(-c2cnc(N3CCN(C)CC3)c(C)c2)c2nncn12. The molecule has 1 unspecified atom stereocenters. The van der Waals surface area contributed by atoms with Gasteiger partial charge in [-0.15, -0.1) is 40.8 Å². The molecule has 0 saturated carbocycles. The number of aryl methyl sites for hydroxylation is 9. The number of ether oxygens (including phenoxy) is 4. The molecule has 6 aromatic carbocycles. The minimum absolute atomic E-state index is 0.316. The monoisotopic (exact) mass is 1780 g/mol. The van der Waals surface area contributed by atoms with Gasteiger partial charge in [-0.25, -0.2) is 22.8 Å². The zero-order chi connectivity index (χ0) is 90.9. The van der Waals surface area contributed by atoms with Gasteiger partial charge in [-0.1, -0.05) is 109 Å². The maximum absolute atomic E-state index is 13.3. The Morgan fingerprint density at radius 1 is 0.389 bits per heavy atom. The molecule has 1 atom stereocenters. The molecule has 29 heteroatoms. The molecule has 676 valence electrons. The average molecular weight is 1780 g/mol. The summed E-state index contributed by atoms with van der Waals surface area (Å²) in [5.41, 5.74) is 23.0.